The minimum absolute atomic E-state index is 0.0387. The van der Waals surface area contributed by atoms with E-state index in [4.69, 9.17) is 4.42 Å². The molecular weight excluding hydrogens is 283 g/mol. The Labute approximate surface area is 129 Å². The number of nitrogens with zero attached hydrogens (tertiary/aromatic N) is 2. The number of benzene rings is 1. The maximum absolute atomic E-state index is 12.9. The van der Waals surface area contributed by atoms with Crippen LogP contribution in [0.15, 0.2) is 47.1 Å². The molecule has 1 aliphatic rings. The second-order valence-electron chi connectivity index (χ2n) is 5.49. The van der Waals surface area contributed by atoms with Crippen LogP contribution < -0.4 is 0 Å². The predicted molar refractivity (Wildman–Crippen MR) is 81.2 cm³/mol. The lowest BCUT2D eigenvalue weighted by atomic mass is 10.1. The smallest absolute Gasteiger partial charge is 0.289 e. The molecule has 22 heavy (non-hydrogen) atoms. The zero-order valence-corrected chi connectivity index (χ0v) is 12.4. The van der Waals surface area contributed by atoms with Crippen molar-refractivity contribution in [2.75, 3.05) is 32.7 Å². The summed E-state index contributed by atoms with van der Waals surface area (Å²) in [4.78, 5) is 16.3. The molecule has 1 aliphatic heterocycles. The van der Waals surface area contributed by atoms with E-state index in [0.29, 0.717) is 18.8 Å². The lowest BCUT2D eigenvalue weighted by Crippen LogP contribution is -2.49. The monoisotopic (exact) mass is 302 g/mol. The number of carbonyl (C=O) groups excluding carboxylic acids is 1. The SMILES string of the molecule is O=C(c1ccco1)N1CCN(CCc2ccc(F)cc2)CC1. The molecule has 116 valence electrons. The lowest BCUT2D eigenvalue weighted by Gasteiger charge is -2.34. The number of hydrogen-bond acceptors (Lipinski definition) is 3. The first-order valence-electron chi connectivity index (χ1n) is 7.52. The van der Waals surface area contributed by atoms with Crippen molar-refractivity contribution in [3.63, 3.8) is 0 Å². The summed E-state index contributed by atoms with van der Waals surface area (Å²) in [5.74, 6) is 0.164. The molecule has 0 N–H and O–H groups in total. The molecule has 0 aliphatic carbocycles. The van der Waals surface area contributed by atoms with Crippen molar-refractivity contribution in [3.8, 4) is 0 Å². The minimum atomic E-state index is -0.200. The standard InChI is InChI=1S/C17H19FN2O2/c18-15-5-3-14(4-6-15)7-8-19-9-11-20(12-10-19)17(21)16-2-1-13-22-16/h1-6,13H,7-12H2. The quantitative estimate of drug-likeness (QED) is 0.870. The lowest BCUT2D eigenvalue weighted by molar-refractivity contribution is 0.0607. The number of furan rings is 1. The zero-order valence-electron chi connectivity index (χ0n) is 12.4. The highest BCUT2D eigenvalue weighted by molar-refractivity contribution is 5.91. The van der Waals surface area contributed by atoms with Crippen LogP contribution in [0.2, 0.25) is 0 Å². The summed E-state index contributed by atoms with van der Waals surface area (Å²) in [6, 6.07) is 10.1. The third-order valence-electron chi connectivity index (χ3n) is 4.02. The van der Waals surface area contributed by atoms with Gasteiger partial charge in [-0.25, -0.2) is 4.39 Å². The fraction of sp³-hybridized carbons (Fsp3) is 0.353. The second-order valence-corrected chi connectivity index (χ2v) is 5.49. The normalized spacial score (nSPS) is 16.0. The Hall–Kier alpha value is -2.14. The molecule has 1 saturated heterocycles. The molecule has 5 heteroatoms. The van der Waals surface area contributed by atoms with E-state index in [-0.39, 0.29) is 11.7 Å². The van der Waals surface area contributed by atoms with Crippen LogP contribution in [0.1, 0.15) is 16.1 Å². The van der Waals surface area contributed by atoms with Crippen molar-refractivity contribution < 1.29 is 13.6 Å². The van der Waals surface area contributed by atoms with Gasteiger partial charge in [-0.1, -0.05) is 12.1 Å². The Bertz CT molecular complexity index is 602. The van der Waals surface area contributed by atoms with E-state index < -0.39 is 0 Å². The highest BCUT2D eigenvalue weighted by atomic mass is 19.1. The Kier molecular flexibility index (Phi) is 4.53. The van der Waals surface area contributed by atoms with E-state index >= 15 is 0 Å². The molecular formula is C17H19FN2O2. The molecule has 0 spiro atoms. The van der Waals surface area contributed by atoms with Gasteiger partial charge in [0.25, 0.3) is 5.91 Å². The zero-order chi connectivity index (χ0) is 15.4. The summed E-state index contributed by atoms with van der Waals surface area (Å²) in [6.07, 6.45) is 2.42. The largest absolute Gasteiger partial charge is 0.459 e. The number of hydrogen-bond donors (Lipinski definition) is 0. The molecule has 1 aromatic heterocycles. The van der Waals surface area contributed by atoms with Gasteiger partial charge in [0.2, 0.25) is 0 Å². The minimum Gasteiger partial charge on any atom is -0.459 e. The van der Waals surface area contributed by atoms with Gasteiger partial charge in [0.15, 0.2) is 5.76 Å². The average Bonchev–Trinajstić information content (AvgIpc) is 3.09. The van der Waals surface area contributed by atoms with E-state index in [1.54, 1.807) is 12.1 Å². The number of rotatable bonds is 4. The third-order valence-corrected chi connectivity index (χ3v) is 4.02. The van der Waals surface area contributed by atoms with E-state index in [1.807, 2.05) is 17.0 Å². The van der Waals surface area contributed by atoms with Crippen molar-refractivity contribution >= 4 is 5.91 Å². The first-order valence-corrected chi connectivity index (χ1v) is 7.52. The average molecular weight is 302 g/mol. The van der Waals surface area contributed by atoms with Gasteiger partial charge in [0, 0.05) is 32.7 Å². The van der Waals surface area contributed by atoms with Gasteiger partial charge >= 0.3 is 0 Å². The molecule has 0 radical (unpaired) electrons. The number of halogens is 1. The summed E-state index contributed by atoms with van der Waals surface area (Å²) < 4.78 is 18.0. The van der Waals surface area contributed by atoms with Crippen LogP contribution in [-0.4, -0.2) is 48.4 Å². The molecule has 1 amide bonds. The number of carbonyl (C=O) groups is 1. The summed E-state index contributed by atoms with van der Waals surface area (Å²) in [7, 11) is 0. The van der Waals surface area contributed by atoms with Crippen LogP contribution in [0.4, 0.5) is 4.39 Å². The van der Waals surface area contributed by atoms with Crippen molar-refractivity contribution in [1.82, 2.24) is 9.80 Å². The maximum atomic E-state index is 12.9. The number of amides is 1. The highest BCUT2D eigenvalue weighted by Gasteiger charge is 2.23. The van der Waals surface area contributed by atoms with Gasteiger partial charge in [0.05, 0.1) is 6.26 Å². The third kappa shape index (κ3) is 3.54. The van der Waals surface area contributed by atoms with Crippen molar-refractivity contribution in [2.24, 2.45) is 0 Å². The Balaban J connectivity index is 1.45. The van der Waals surface area contributed by atoms with Crippen molar-refractivity contribution in [3.05, 3.63) is 59.8 Å². The van der Waals surface area contributed by atoms with E-state index in [0.717, 1.165) is 31.6 Å². The van der Waals surface area contributed by atoms with Crippen molar-refractivity contribution in [1.29, 1.82) is 0 Å². The predicted octanol–water partition coefficient (Wildman–Crippen LogP) is 2.42. The first kappa shape index (κ1) is 14.8. The molecule has 3 rings (SSSR count). The first-order chi connectivity index (χ1) is 10.7. The van der Waals surface area contributed by atoms with Crippen LogP contribution in [0.5, 0.6) is 0 Å². The fourth-order valence-corrected chi connectivity index (χ4v) is 2.67. The second kappa shape index (κ2) is 6.75. The molecule has 2 heterocycles. The molecule has 0 saturated carbocycles. The molecule has 0 unspecified atom stereocenters. The molecule has 0 atom stereocenters. The Morgan fingerprint density at radius 2 is 1.82 bits per heavy atom. The highest BCUT2D eigenvalue weighted by Crippen LogP contribution is 2.10. The van der Waals surface area contributed by atoms with Gasteiger partial charge in [-0.15, -0.1) is 0 Å². The molecule has 4 nitrogen and oxygen atoms in total. The molecule has 1 aromatic carbocycles. The molecule has 1 fully saturated rings. The van der Waals surface area contributed by atoms with Crippen LogP contribution in [-0.2, 0) is 6.42 Å². The van der Waals surface area contributed by atoms with Crippen LogP contribution >= 0.6 is 0 Å². The van der Waals surface area contributed by atoms with Gasteiger partial charge in [0.1, 0.15) is 5.82 Å². The van der Waals surface area contributed by atoms with Gasteiger partial charge in [-0.3, -0.25) is 9.69 Å². The topological polar surface area (TPSA) is 36.7 Å². The van der Waals surface area contributed by atoms with Crippen molar-refractivity contribution in [2.45, 2.75) is 6.42 Å². The van der Waals surface area contributed by atoms with E-state index in [2.05, 4.69) is 4.90 Å². The van der Waals surface area contributed by atoms with Gasteiger partial charge in [-0.05, 0) is 36.2 Å². The fourth-order valence-electron chi connectivity index (χ4n) is 2.67. The Morgan fingerprint density at radius 3 is 2.45 bits per heavy atom. The molecule has 2 aromatic rings. The summed E-state index contributed by atoms with van der Waals surface area (Å²) >= 11 is 0. The summed E-state index contributed by atoms with van der Waals surface area (Å²) in [5, 5.41) is 0. The summed E-state index contributed by atoms with van der Waals surface area (Å²) in [6.45, 7) is 4.06. The van der Waals surface area contributed by atoms with E-state index in [1.165, 1.54) is 18.4 Å². The van der Waals surface area contributed by atoms with Crippen LogP contribution in [0, 0.1) is 5.82 Å². The molecule has 0 bridgehead atoms. The maximum Gasteiger partial charge on any atom is 0.289 e. The van der Waals surface area contributed by atoms with Gasteiger partial charge in [-0.2, -0.15) is 0 Å². The Morgan fingerprint density at radius 1 is 1.09 bits per heavy atom. The number of piperazine rings is 1. The van der Waals surface area contributed by atoms with E-state index in [9.17, 15) is 9.18 Å². The summed E-state index contributed by atoms with van der Waals surface area (Å²) in [5.41, 5.74) is 1.13. The van der Waals surface area contributed by atoms with Gasteiger partial charge < -0.3 is 9.32 Å². The van der Waals surface area contributed by atoms with Crippen LogP contribution in [0.3, 0.4) is 0 Å². The van der Waals surface area contributed by atoms with Crippen LogP contribution in [0.25, 0.3) is 0 Å².